The first-order valence-corrected chi connectivity index (χ1v) is 14.6. The van der Waals surface area contributed by atoms with E-state index in [0.29, 0.717) is 0 Å². The van der Waals surface area contributed by atoms with E-state index in [1.165, 1.54) is 94.2 Å². The Labute approximate surface area is 216 Å². The Morgan fingerprint density at radius 3 is 1.64 bits per heavy atom. The number of carbonyl (C=O) groups excluding carboxylic acids is 1. The molecule has 36 heavy (non-hydrogen) atoms. The van der Waals surface area contributed by atoms with Crippen molar-refractivity contribution in [2.24, 2.45) is 0 Å². The Morgan fingerprint density at radius 1 is 0.889 bits per heavy atom. The highest BCUT2D eigenvalue weighted by Gasteiger charge is 2.24. The quantitative estimate of drug-likeness (QED) is 0.126. The first-order valence-electron chi connectivity index (χ1n) is 13.0. The molecule has 11 heteroatoms. The number of quaternary nitrogens is 1. The second-order valence-electron chi connectivity index (χ2n) is 8.98. The van der Waals surface area contributed by atoms with Crippen LogP contribution < -0.4 is 10.1 Å². The second kappa shape index (κ2) is 18.9. The third kappa shape index (κ3) is 16.4. The summed E-state index contributed by atoms with van der Waals surface area (Å²) in [6.45, 7) is 14.6. The normalized spacial score (nSPS) is 11.4. The van der Waals surface area contributed by atoms with Gasteiger partial charge < -0.3 is 19.1 Å². The maximum absolute atomic E-state index is 11.2. The van der Waals surface area contributed by atoms with Gasteiger partial charge in [-0.2, -0.15) is 0 Å². The van der Waals surface area contributed by atoms with Gasteiger partial charge in [-0.25, -0.2) is 13.2 Å². The van der Waals surface area contributed by atoms with Crippen molar-refractivity contribution in [1.29, 1.82) is 0 Å². The van der Waals surface area contributed by atoms with Crippen molar-refractivity contribution in [2.75, 3.05) is 38.5 Å². The Morgan fingerprint density at radius 2 is 1.31 bits per heavy atom. The first-order chi connectivity index (χ1) is 17.0. The number of ether oxygens (including phenoxy) is 1. The molecular weight excluding hydrogens is 486 g/mol. The standard InChI is InChI=1S/C16H36N.C9H10N2O7S/c1-5-9-13-17(14-10-6-2,15-11-7-3)16-12-8-4;12-9(10-5-6-19(15,16)17)18-8-3-1-7(2-4-8)11(13)14/h5-16H2,1-4H3;1-4H,5-6H2,(H,10,12)(H,15,16,17)/q+1;/p-1. The summed E-state index contributed by atoms with van der Waals surface area (Å²) in [6.07, 6.45) is 10.1. The van der Waals surface area contributed by atoms with Crippen molar-refractivity contribution in [3.8, 4) is 5.75 Å². The van der Waals surface area contributed by atoms with Crippen molar-refractivity contribution in [2.45, 2.75) is 79.1 Å². The molecule has 0 radical (unpaired) electrons. The number of non-ortho nitro benzene ring substituents is 1. The maximum Gasteiger partial charge on any atom is 0.412 e. The molecule has 0 heterocycles. The maximum atomic E-state index is 11.2. The van der Waals surface area contributed by atoms with Gasteiger partial charge in [0, 0.05) is 18.7 Å². The molecule has 0 aromatic heterocycles. The summed E-state index contributed by atoms with van der Waals surface area (Å²) in [6, 6.07) is 4.71. The predicted octanol–water partition coefficient (Wildman–Crippen LogP) is 5.23. The van der Waals surface area contributed by atoms with Crippen LogP contribution in [-0.4, -0.2) is 66.9 Å². The summed E-state index contributed by atoms with van der Waals surface area (Å²) >= 11 is 0. The van der Waals surface area contributed by atoms with E-state index in [2.05, 4.69) is 33.0 Å². The van der Waals surface area contributed by atoms with Crippen LogP contribution in [-0.2, 0) is 10.1 Å². The number of benzene rings is 1. The molecule has 1 amide bonds. The number of amides is 1. The monoisotopic (exact) mass is 531 g/mol. The molecule has 0 unspecified atom stereocenters. The summed E-state index contributed by atoms with van der Waals surface area (Å²) in [5.74, 6) is -0.699. The summed E-state index contributed by atoms with van der Waals surface area (Å²) in [7, 11) is -4.40. The van der Waals surface area contributed by atoms with Gasteiger partial charge >= 0.3 is 6.09 Å². The van der Waals surface area contributed by atoms with E-state index in [4.69, 9.17) is 4.74 Å². The van der Waals surface area contributed by atoms with Crippen LogP contribution in [0.1, 0.15) is 79.1 Å². The minimum Gasteiger partial charge on any atom is -0.748 e. The van der Waals surface area contributed by atoms with Crippen LogP contribution >= 0.6 is 0 Å². The molecule has 1 N–H and O–H groups in total. The van der Waals surface area contributed by atoms with Gasteiger partial charge in [-0.1, -0.05) is 53.4 Å². The van der Waals surface area contributed by atoms with Gasteiger partial charge in [0.15, 0.2) is 0 Å². The van der Waals surface area contributed by atoms with Crippen molar-refractivity contribution >= 4 is 21.9 Å². The Balaban J connectivity index is 0.000000686. The molecule has 0 aliphatic rings. The molecule has 0 fully saturated rings. The molecule has 0 spiro atoms. The van der Waals surface area contributed by atoms with Crippen molar-refractivity contribution < 1.29 is 31.9 Å². The number of nitro groups is 1. The summed E-state index contributed by atoms with van der Waals surface area (Å²) in [5.41, 5.74) is -0.162. The second-order valence-corrected chi connectivity index (χ2v) is 10.5. The summed E-state index contributed by atoms with van der Waals surface area (Å²) in [4.78, 5) is 20.9. The molecule has 0 atom stereocenters. The number of hydrogen-bond acceptors (Lipinski definition) is 7. The third-order valence-electron chi connectivity index (χ3n) is 5.82. The lowest BCUT2D eigenvalue weighted by Crippen LogP contribution is -2.50. The highest BCUT2D eigenvalue weighted by Crippen LogP contribution is 2.18. The largest absolute Gasteiger partial charge is 0.748 e. The SMILES string of the molecule is CCCC[N+](CCCC)(CCCC)CCCC.O=C(NCCS(=O)(=O)[O-])Oc1ccc([N+](=O)[O-])cc1. The average Bonchev–Trinajstić information content (AvgIpc) is 2.83. The van der Waals surface area contributed by atoms with Crippen LogP contribution in [0.3, 0.4) is 0 Å². The van der Waals surface area contributed by atoms with Gasteiger partial charge in [0.1, 0.15) is 5.75 Å². The van der Waals surface area contributed by atoms with Gasteiger partial charge in [0.25, 0.3) is 5.69 Å². The molecule has 1 rings (SSSR count). The van der Waals surface area contributed by atoms with Crippen molar-refractivity contribution in [3.05, 3.63) is 34.4 Å². The number of nitrogens with zero attached hydrogens (tertiary/aromatic N) is 2. The average molecular weight is 532 g/mol. The predicted molar refractivity (Wildman–Crippen MR) is 141 cm³/mol. The number of rotatable bonds is 17. The number of carbonyl (C=O) groups is 1. The molecule has 1 aromatic rings. The fourth-order valence-electron chi connectivity index (χ4n) is 3.70. The summed E-state index contributed by atoms with van der Waals surface area (Å²) < 4.78 is 36.9. The number of nitrogens with one attached hydrogen (secondary N) is 1. The molecule has 1 aromatic carbocycles. The number of unbranched alkanes of at least 4 members (excludes halogenated alkanes) is 4. The van der Waals surface area contributed by atoms with E-state index in [1.54, 1.807) is 0 Å². The third-order valence-corrected chi connectivity index (χ3v) is 6.53. The van der Waals surface area contributed by atoms with Crippen LogP contribution in [0, 0.1) is 10.1 Å². The fourth-order valence-corrected chi connectivity index (χ4v) is 4.05. The molecule has 0 aliphatic heterocycles. The first kappa shape index (κ1) is 33.8. The minimum atomic E-state index is -4.40. The van der Waals surface area contributed by atoms with E-state index < -0.39 is 26.9 Å². The highest BCUT2D eigenvalue weighted by atomic mass is 32.2. The minimum absolute atomic E-state index is 0.0491. The molecule has 0 saturated heterocycles. The Kier molecular flexibility index (Phi) is 17.8. The van der Waals surface area contributed by atoms with Crippen LogP contribution in [0.25, 0.3) is 0 Å². The van der Waals surface area contributed by atoms with E-state index in [9.17, 15) is 27.9 Å². The van der Waals surface area contributed by atoms with Gasteiger partial charge in [-0.05, 0) is 37.8 Å². The molecule has 10 nitrogen and oxygen atoms in total. The molecule has 0 aliphatic carbocycles. The van der Waals surface area contributed by atoms with E-state index in [1.807, 2.05) is 0 Å². The zero-order chi connectivity index (χ0) is 27.5. The lowest BCUT2D eigenvalue weighted by Gasteiger charge is -2.39. The van der Waals surface area contributed by atoms with Crippen LogP contribution in [0.15, 0.2) is 24.3 Å². The van der Waals surface area contributed by atoms with E-state index in [0.717, 1.165) is 12.1 Å². The Bertz CT molecular complexity index is 808. The molecule has 0 saturated carbocycles. The molecule has 208 valence electrons. The van der Waals surface area contributed by atoms with Crippen LogP contribution in [0.2, 0.25) is 0 Å². The van der Waals surface area contributed by atoms with Gasteiger partial charge in [-0.15, -0.1) is 0 Å². The molecular formula is C25H45N3O7S. The topological polar surface area (TPSA) is 139 Å². The lowest BCUT2D eigenvalue weighted by atomic mass is 10.1. The smallest absolute Gasteiger partial charge is 0.412 e. The van der Waals surface area contributed by atoms with Crippen LogP contribution in [0.4, 0.5) is 10.5 Å². The number of hydrogen-bond donors (Lipinski definition) is 1. The zero-order valence-electron chi connectivity index (χ0n) is 22.4. The van der Waals surface area contributed by atoms with Crippen molar-refractivity contribution in [1.82, 2.24) is 5.32 Å². The van der Waals surface area contributed by atoms with E-state index >= 15 is 0 Å². The zero-order valence-corrected chi connectivity index (χ0v) is 23.2. The van der Waals surface area contributed by atoms with E-state index in [-0.39, 0.29) is 18.0 Å². The van der Waals surface area contributed by atoms with Crippen molar-refractivity contribution in [3.63, 3.8) is 0 Å². The lowest BCUT2D eigenvalue weighted by molar-refractivity contribution is -0.929. The highest BCUT2D eigenvalue weighted by molar-refractivity contribution is 7.85. The van der Waals surface area contributed by atoms with Gasteiger partial charge in [0.05, 0.1) is 47.0 Å². The summed E-state index contributed by atoms with van der Waals surface area (Å²) in [5, 5.41) is 12.4. The van der Waals surface area contributed by atoms with Crippen LogP contribution in [0.5, 0.6) is 5.75 Å². The Hall–Kier alpha value is -2.24. The van der Waals surface area contributed by atoms with Gasteiger partial charge in [0.2, 0.25) is 0 Å². The fraction of sp³-hybridized carbons (Fsp3) is 0.720. The number of nitro benzene ring substituents is 1. The van der Waals surface area contributed by atoms with Gasteiger partial charge in [-0.3, -0.25) is 10.1 Å². The molecule has 0 bridgehead atoms.